The highest BCUT2D eigenvalue weighted by atomic mass is 16.5. The molecule has 2 unspecified atom stereocenters. The normalized spacial score (nSPS) is 20.7. The second kappa shape index (κ2) is 7.95. The van der Waals surface area contributed by atoms with Crippen LogP contribution >= 0.6 is 0 Å². The fraction of sp³-hybridized carbons (Fsp3) is 0.824. The summed E-state index contributed by atoms with van der Waals surface area (Å²) in [4.78, 5) is 0. The van der Waals surface area contributed by atoms with Gasteiger partial charge in [0, 0.05) is 23.9 Å². The first kappa shape index (κ1) is 16.5. The van der Waals surface area contributed by atoms with Crippen LogP contribution in [0.5, 0.6) is 0 Å². The minimum absolute atomic E-state index is 0.383. The van der Waals surface area contributed by atoms with E-state index in [0.29, 0.717) is 12.1 Å². The number of ether oxygens (including phenoxy) is 1. The first-order valence-corrected chi connectivity index (χ1v) is 8.64. The van der Waals surface area contributed by atoms with Gasteiger partial charge >= 0.3 is 0 Å². The summed E-state index contributed by atoms with van der Waals surface area (Å²) < 4.78 is 7.94. The van der Waals surface area contributed by atoms with E-state index in [1.165, 1.54) is 23.4 Å². The van der Waals surface area contributed by atoms with E-state index in [1.54, 1.807) is 0 Å². The van der Waals surface area contributed by atoms with Crippen LogP contribution in [0.25, 0.3) is 0 Å². The number of aryl methyl sites for hydroxylation is 1. The lowest BCUT2D eigenvalue weighted by Crippen LogP contribution is -2.25. The van der Waals surface area contributed by atoms with Gasteiger partial charge in [0.1, 0.15) is 0 Å². The molecule has 1 aliphatic rings. The molecule has 2 heterocycles. The van der Waals surface area contributed by atoms with Crippen LogP contribution in [0.2, 0.25) is 0 Å². The number of hydrogen-bond donors (Lipinski definition) is 1. The molecule has 4 heteroatoms. The molecule has 1 saturated heterocycles. The molecule has 0 saturated carbocycles. The summed E-state index contributed by atoms with van der Waals surface area (Å²) in [6.45, 7) is 11.7. The molecule has 2 atom stereocenters. The maximum Gasteiger partial charge on any atom is 0.0756 e. The molecule has 1 aliphatic heterocycles. The Morgan fingerprint density at radius 3 is 2.71 bits per heavy atom. The van der Waals surface area contributed by atoms with Crippen LogP contribution in [0, 0.1) is 0 Å². The molecule has 1 fully saturated rings. The highest BCUT2D eigenvalue weighted by Gasteiger charge is 2.25. The standard InChI is InChI=1S/C17H31N3O/c1-5-10-18-13(4)17-15(6-2)19-20(16(17)7-3)14-9-8-11-21-12-14/h13-14,18H,5-12H2,1-4H3. The fourth-order valence-electron chi connectivity index (χ4n) is 3.33. The summed E-state index contributed by atoms with van der Waals surface area (Å²) in [5.74, 6) is 0. The second-order valence-corrected chi connectivity index (χ2v) is 6.01. The van der Waals surface area contributed by atoms with Crippen LogP contribution in [-0.2, 0) is 17.6 Å². The minimum Gasteiger partial charge on any atom is -0.379 e. The molecule has 1 aromatic rings. The van der Waals surface area contributed by atoms with Crippen molar-refractivity contribution in [2.24, 2.45) is 0 Å². The van der Waals surface area contributed by atoms with Gasteiger partial charge in [0.05, 0.1) is 18.3 Å². The van der Waals surface area contributed by atoms with Crippen molar-refractivity contribution in [2.45, 2.75) is 71.9 Å². The maximum absolute atomic E-state index is 5.67. The number of aromatic nitrogens is 2. The molecular weight excluding hydrogens is 262 g/mol. The lowest BCUT2D eigenvalue weighted by atomic mass is 10.0. The van der Waals surface area contributed by atoms with E-state index in [4.69, 9.17) is 9.84 Å². The third-order valence-electron chi connectivity index (χ3n) is 4.41. The lowest BCUT2D eigenvalue weighted by Gasteiger charge is -2.25. The average Bonchev–Trinajstić information content (AvgIpc) is 2.92. The van der Waals surface area contributed by atoms with Crippen molar-refractivity contribution in [3.8, 4) is 0 Å². The summed E-state index contributed by atoms with van der Waals surface area (Å²) >= 11 is 0. The molecular formula is C17H31N3O. The number of hydrogen-bond acceptors (Lipinski definition) is 3. The van der Waals surface area contributed by atoms with E-state index in [9.17, 15) is 0 Å². The number of rotatable bonds is 7. The Morgan fingerprint density at radius 1 is 1.33 bits per heavy atom. The fourth-order valence-corrected chi connectivity index (χ4v) is 3.33. The predicted octanol–water partition coefficient (Wildman–Crippen LogP) is 3.42. The van der Waals surface area contributed by atoms with Crippen LogP contribution in [0.1, 0.15) is 76.0 Å². The average molecular weight is 293 g/mol. The van der Waals surface area contributed by atoms with Crippen molar-refractivity contribution in [1.82, 2.24) is 15.1 Å². The summed E-state index contributed by atoms with van der Waals surface area (Å²) in [7, 11) is 0. The Morgan fingerprint density at radius 2 is 2.14 bits per heavy atom. The van der Waals surface area contributed by atoms with E-state index in [-0.39, 0.29) is 0 Å². The van der Waals surface area contributed by atoms with Gasteiger partial charge in [-0.1, -0.05) is 20.8 Å². The molecule has 0 spiro atoms. The SMILES string of the molecule is CCCNC(C)c1c(CC)nn(C2CCCOC2)c1CC. The van der Waals surface area contributed by atoms with E-state index in [0.717, 1.165) is 45.4 Å². The summed E-state index contributed by atoms with van der Waals surface area (Å²) in [5, 5.41) is 8.58. The molecule has 120 valence electrons. The van der Waals surface area contributed by atoms with Gasteiger partial charge in [-0.2, -0.15) is 5.10 Å². The minimum atomic E-state index is 0.383. The zero-order chi connectivity index (χ0) is 15.2. The van der Waals surface area contributed by atoms with Gasteiger partial charge in [0.2, 0.25) is 0 Å². The molecule has 21 heavy (non-hydrogen) atoms. The molecule has 1 aromatic heterocycles. The van der Waals surface area contributed by atoms with Crippen molar-refractivity contribution >= 4 is 0 Å². The summed E-state index contributed by atoms with van der Waals surface area (Å²) in [6, 6.07) is 0.805. The van der Waals surface area contributed by atoms with Gasteiger partial charge in [-0.3, -0.25) is 4.68 Å². The molecule has 0 aliphatic carbocycles. The summed E-state index contributed by atoms with van der Waals surface area (Å²) in [6.07, 6.45) is 5.54. The number of nitrogens with zero attached hydrogens (tertiary/aromatic N) is 2. The highest BCUT2D eigenvalue weighted by Crippen LogP contribution is 2.29. The van der Waals surface area contributed by atoms with Crippen LogP contribution in [0.15, 0.2) is 0 Å². The van der Waals surface area contributed by atoms with E-state index in [1.807, 2.05) is 0 Å². The molecule has 0 bridgehead atoms. The van der Waals surface area contributed by atoms with Crippen molar-refractivity contribution in [3.05, 3.63) is 17.0 Å². The Hall–Kier alpha value is -0.870. The Kier molecular flexibility index (Phi) is 6.24. The van der Waals surface area contributed by atoms with Crippen molar-refractivity contribution < 1.29 is 4.74 Å². The largest absolute Gasteiger partial charge is 0.379 e. The summed E-state index contributed by atoms with van der Waals surface area (Å²) in [5.41, 5.74) is 4.09. The highest BCUT2D eigenvalue weighted by molar-refractivity contribution is 5.30. The lowest BCUT2D eigenvalue weighted by molar-refractivity contribution is 0.0538. The maximum atomic E-state index is 5.67. The van der Waals surface area contributed by atoms with Gasteiger partial charge in [0.15, 0.2) is 0 Å². The van der Waals surface area contributed by atoms with Gasteiger partial charge in [-0.25, -0.2) is 0 Å². The Labute approximate surface area is 129 Å². The first-order chi connectivity index (χ1) is 10.2. The monoisotopic (exact) mass is 293 g/mol. The van der Waals surface area contributed by atoms with Gasteiger partial charge in [-0.05, 0) is 45.6 Å². The number of nitrogens with one attached hydrogen (secondary N) is 1. The molecule has 4 nitrogen and oxygen atoms in total. The molecule has 0 aromatic carbocycles. The quantitative estimate of drug-likeness (QED) is 0.837. The van der Waals surface area contributed by atoms with E-state index >= 15 is 0 Å². The third kappa shape index (κ3) is 3.67. The Balaban J connectivity index is 2.31. The first-order valence-electron chi connectivity index (χ1n) is 8.64. The molecule has 0 amide bonds. The molecule has 0 radical (unpaired) electrons. The van der Waals surface area contributed by atoms with Crippen LogP contribution in [0.4, 0.5) is 0 Å². The van der Waals surface area contributed by atoms with Gasteiger partial charge in [0.25, 0.3) is 0 Å². The topological polar surface area (TPSA) is 39.1 Å². The van der Waals surface area contributed by atoms with Crippen molar-refractivity contribution in [3.63, 3.8) is 0 Å². The van der Waals surface area contributed by atoms with Crippen LogP contribution in [-0.4, -0.2) is 29.5 Å². The van der Waals surface area contributed by atoms with Crippen LogP contribution < -0.4 is 5.32 Å². The van der Waals surface area contributed by atoms with Crippen LogP contribution in [0.3, 0.4) is 0 Å². The second-order valence-electron chi connectivity index (χ2n) is 6.01. The van der Waals surface area contributed by atoms with Gasteiger partial charge in [-0.15, -0.1) is 0 Å². The van der Waals surface area contributed by atoms with Crippen molar-refractivity contribution in [2.75, 3.05) is 19.8 Å². The predicted molar refractivity (Wildman–Crippen MR) is 86.8 cm³/mol. The Bertz CT molecular complexity index is 435. The smallest absolute Gasteiger partial charge is 0.0756 e. The third-order valence-corrected chi connectivity index (χ3v) is 4.41. The zero-order valence-corrected chi connectivity index (χ0v) is 14.1. The zero-order valence-electron chi connectivity index (χ0n) is 14.1. The van der Waals surface area contributed by atoms with Crippen molar-refractivity contribution in [1.29, 1.82) is 0 Å². The van der Waals surface area contributed by atoms with Gasteiger partial charge < -0.3 is 10.1 Å². The molecule has 2 rings (SSSR count). The van der Waals surface area contributed by atoms with E-state index < -0.39 is 0 Å². The van der Waals surface area contributed by atoms with E-state index in [2.05, 4.69) is 37.7 Å². The molecule has 1 N–H and O–H groups in total.